The van der Waals surface area contributed by atoms with Crippen molar-refractivity contribution in [2.75, 3.05) is 20.1 Å². The van der Waals surface area contributed by atoms with Crippen molar-refractivity contribution in [3.05, 3.63) is 72.1 Å². The number of hydrogen-bond donors (Lipinski definition) is 9. The molecule has 18 heteroatoms. The monoisotopic (exact) mass is 928 g/mol. The van der Waals surface area contributed by atoms with Crippen LogP contribution < -0.4 is 31.9 Å². The van der Waals surface area contributed by atoms with Crippen LogP contribution in [0, 0.1) is 17.8 Å². The minimum atomic E-state index is -1.65. The molecule has 67 heavy (non-hydrogen) atoms. The number of carboxylic acids is 1. The number of rotatable bonds is 26. The van der Waals surface area contributed by atoms with Crippen LogP contribution in [-0.4, -0.2) is 124 Å². The molecule has 6 amide bonds. The van der Waals surface area contributed by atoms with E-state index < -0.39 is 102 Å². The van der Waals surface area contributed by atoms with Gasteiger partial charge in [-0.25, -0.2) is 0 Å². The highest BCUT2D eigenvalue weighted by Gasteiger charge is 2.36. The van der Waals surface area contributed by atoms with Crippen molar-refractivity contribution in [3.63, 3.8) is 0 Å². The first-order valence-electron chi connectivity index (χ1n) is 23.1. The quantitative estimate of drug-likeness (QED) is 0.0445. The fourth-order valence-electron chi connectivity index (χ4n) is 7.95. The Morgan fingerprint density at radius 1 is 0.642 bits per heavy atom. The summed E-state index contributed by atoms with van der Waals surface area (Å²) in [7, 11) is 1.62. The van der Waals surface area contributed by atoms with Gasteiger partial charge in [-0.3, -0.25) is 38.4 Å². The Morgan fingerprint density at radius 3 is 1.67 bits per heavy atom. The minimum absolute atomic E-state index is 0.0213. The number of hydrogen-bond acceptors (Lipinski definition) is 9. The summed E-state index contributed by atoms with van der Waals surface area (Å²) in [5, 5.41) is 27.6. The van der Waals surface area contributed by atoms with Crippen molar-refractivity contribution in [1.82, 2.24) is 46.8 Å². The van der Waals surface area contributed by atoms with E-state index in [0.29, 0.717) is 24.9 Å². The molecule has 4 aromatic rings. The van der Waals surface area contributed by atoms with E-state index in [1.54, 1.807) is 61.7 Å². The molecule has 2 aromatic heterocycles. The number of aliphatic carboxylic acids is 1. The molecule has 0 spiro atoms. The third-order valence-electron chi connectivity index (χ3n) is 11.9. The standard InChI is InChI=1S/C49H69N9O9/c1-10-11-20-58(30(8)44(62)29(6)7)49(67)43(28(4)5)57-47(65)38(22-32-25-52-36-19-15-13-17-34(32)36)54-40(59)26-53-45(63)39(23-41(60)61)55-48(66)42(27(2)3)56-46(64)37(50-9)21-31-24-51-35-18-14-12-16-33(31)35/h12-19,24-25,27-30,37-39,42-43,50-52H,10-11,20-23,26H2,1-9H3,(H,53,63)(H,54,59)(H,55,66)(H,56,64)(H,57,65)(H,60,61)/t30-,37-,38-,39-,42?,43?/m0/s1. The van der Waals surface area contributed by atoms with Gasteiger partial charge in [0, 0.05) is 53.1 Å². The average molecular weight is 928 g/mol. The van der Waals surface area contributed by atoms with Gasteiger partial charge in [0.25, 0.3) is 0 Å². The third kappa shape index (κ3) is 14.5. The van der Waals surface area contributed by atoms with Gasteiger partial charge in [0.15, 0.2) is 5.78 Å². The predicted octanol–water partition coefficient (Wildman–Crippen LogP) is 3.11. The van der Waals surface area contributed by atoms with Crippen molar-refractivity contribution >= 4 is 69.0 Å². The minimum Gasteiger partial charge on any atom is -0.481 e. The average Bonchev–Trinajstić information content (AvgIpc) is 3.90. The number of aromatic nitrogens is 2. The zero-order valence-electron chi connectivity index (χ0n) is 40.1. The lowest BCUT2D eigenvalue weighted by Gasteiger charge is -2.34. The molecule has 2 aromatic carbocycles. The molecule has 0 aliphatic carbocycles. The van der Waals surface area contributed by atoms with Gasteiger partial charge in [-0.05, 0) is 61.9 Å². The van der Waals surface area contributed by atoms with E-state index in [1.165, 1.54) is 4.90 Å². The topological polar surface area (TPSA) is 264 Å². The Balaban J connectivity index is 1.49. The van der Waals surface area contributed by atoms with Crippen molar-refractivity contribution in [1.29, 1.82) is 0 Å². The first kappa shape index (κ1) is 53.1. The number of ketones is 1. The number of aromatic amines is 2. The number of H-pyrrole nitrogens is 2. The third-order valence-corrected chi connectivity index (χ3v) is 11.9. The number of carbonyl (C=O) groups is 8. The Labute approximate surface area is 391 Å². The number of carbonyl (C=O) groups excluding carboxylic acids is 7. The summed E-state index contributed by atoms with van der Waals surface area (Å²) in [5.41, 5.74) is 3.26. The van der Waals surface area contributed by atoms with Gasteiger partial charge in [-0.15, -0.1) is 0 Å². The summed E-state index contributed by atoms with van der Waals surface area (Å²) in [5.74, 6) is -6.96. The number of benzene rings is 2. The van der Waals surface area contributed by atoms with E-state index in [2.05, 4.69) is 41.9 Å². The molecule has 0 aliphatic heterocycles. The Hall–Kier alpha value is -6.56. The number of nitrogens with zero attached hydrogens (tertiary/aromatic N) is 1. The summed E-state index contributed by atoms with van der Waals surface area (Å²) in [6.07, 6.45) is 4.37. The number of Topliss-reactive ketones (excluding diaryl/α,β-unsaturated/α-hetero) is 1. The zero-order valence-corrected chi connectivity index (χ0v) is 40.1. The summed E-state index contributed by atoms with van der Waals surface area (Å²) >= 11 is 0. The Kier molecular flexibility index (Phi) is 19.7. The molecule has 4 rings (SSSR count). The Morgan fingerprint density at radius 2 is 1.16 bits per heavy atom. The fraction of sp³-hybridized carbons (Fsp3) is 0.510. The second-order valence-electron chi connectivity index (χ2n) is 18.0. The number of nitrogens with one attached hydrogen (secondary N) is 8. The van der Waals surface area contributed by atoms with Crippen LogP contribution in [0.4, 0.5) is 0 Å². The van der Waals surface area contributed by atoms with Gasteiger partial charge in [-0.2, -0.15) is 0 Å². The van der Waals surface area contributed by atoms with Crippen molar-refractivity contribution in [2.24, 2.45) is 17.8 Å². The Bertz CT molecular complexity index is 2370. The maximum absolute atomic E-state index is 14.3. The predicted molar refractivity (Wildman–Crippen MR) is 255 cm³/mol. The molecule has 0 radical (unpaired) electrons. The van der Waals surface area contributed by atoms with Gasteiger partial charge in [-0.1, -0.05) is 91.3 Å². The van der Waals surface area contributed by atoms with Gasteiger partial charge in [0.05, 0.1) is 25.0 Å². The summed E-state index contributed by atoms with van der Waals surface area (Å²) in [6.45, 7) is 13.7. The number of carboxylic acid groups (broad SMARTS) is 1. The molecule has 2 heterocycles. The highest BCUT2D eigenvalue weighted by molar-refractivity contribution is 5.98. The number of unbranched alkanes of at least 4 members (excludes halogenated alkanes) is 1. The number of fused-ring (bicyclic) bond motifs is 2. The van der Waals surface area contributed by atoms with E-state index >= 15 is 0 Å². The van der Waals surface area contributed by atoms with Crippen molar-refractivity contribution < 1.29 is 43.5 Å². The molecule has 0 aliphatic rings. The highest BCUT2D eigenvalue weighted by Crippen LogP contribution is 2.21. The van der Waals surface area contributed by atoms with Crippen molar-refractivity contribution in [2.45, 2.75) is 124 Å². The van der Waals surface area contributed by atoms with Crippen LogP contribution >= 0.6 is 0 Å². The second-order valence-corrected chi connectivity index (χ2v) is 18.0. The molecule has 6 atom stereocenters. The summed E-state index contributed by atoms with van der Waals surface area (Å²) in [4.78, 5) is 116. The number of amides is 6. The molecule has 0 fully saturated rings. The van der Waals surface area contributed by atoms with Gasteiger partial charge in [0.2, 0.25) is 35.4 Å². The molecular formula is C49H69N9O9. The lowest BCUT2D eigenvalue weighted by Crippen LogP contribution is -2.60. The maximum atomic E-state index is 14.3. The van der Waals surface area contributed by atoms with Gasteiger partial charge in [0.1, 0.15) is 24.2 Å². The van der Waals surface area contributed by atoms with Crippen molar-refractivity contribution in [3.8, 4) is 0 Å². The molecule has 0 saturated carbocycles. The molecule has 2 unspecified atom stereocenters. The summed E-state index contributed by atoms with van der Waals surface area (Å²) < 4.78 is 0. The van der Waals surface area contributed by atoms with Crippen LogP contribution in [0.15, 0.2) is 60.9 Å². The number of likely N-dealkylation sites (N-methyl/N-ethyl adjacent to an activating group) is 1. The molecule has 0 saturated heterocycles. The van der Waals surface area contributed by atoms with Crippen LogP contribution in [0.2, 0.25) is 0 Å². The first-order valence-corrected chi connectivity index (χ1v) is 23.1. The normalized spacial score (nSPS) is 14.2. The molecule has 18 nitrogen and oxygen atoms in total. The SMILES string of the molecule is CCCCN(C(=O)C(NC(=O)[C@H](Cc1c[nH]c2ccccc12)NC(=O)CNC(=O)[C@H](CC(=O)O)NC(=O)C(NC(=O)[C@H](Cc1c[nH]c2ccccc12)NC)C(C)C)C(C)C)[C@@H](C)C(=O)C(C)C. The van der Waals surface area contributed by atoms with Crippen LogP contribution in [0.1, 0.15) is 85.8 Å². The summed E-state index contributed by atoms with van der Waals surface area (Å²) in [6, 6.07) is 8.41. The van der Waals surface area contributed by atoms with E-state index in [0.717, 1.165) is 33.8 Å². The molecule has 9 N–H and O–H groups in total. The smallest absolute Gasteiger partial charge is 0.305 e. The first-order chi connectivity index (χ1) is 31.8. The van der Waals surface area contributed by atoms with Gasteiger partial charge < -0.3 is 51.9 Å². The van der Waals surface area contributed by atoms with Crippen LogP contribution in [-0.2, 0) is 51.2 Å². The number of para-hydroxylation sites is 2. The van der Waals surface area contributed by atoms with Crippen LogP contribution in [0.25, 0.3) is 21.8 Å². The maximum Gasteiger partial charge on any atom is 0.305 e. The molecule has 364 valence electrons. The largest absolute Gasteiger partial charge is 0.481 e. The zero-order chi connectivity index (χ0) is 49.5. The lowest BCUT2D eigenvalue weighted by molar-refractivity contribution is -0.144. The second kappa shape index (κ2) is 24.8. The molecular weight excluding hydrogens is 859 g/mol. The van der Waals surface area contributed by atoms with E-state index in [9.17, 15) is 43.5 Å². The van der Waals surface area contributed by atoms with E-state index in [1.807, 2.05) is 61.7 Å². The van der Waals surface area contributed by atoms with E-state index in [-0.39, 0.29) is 18.1 Å². The van der Waals surface area contributed by atoms with Crippen LogP contribution in [0.5, 0.6) is 0 Å². The van der Waals surface area contributed by atoms with E-state index in [4.69, 9.17) is 0 Å². The van der Waals surface area contributed by atoms with Crippen LogP contribution in [0.3, 0.4) is 0 Å². The van der Waals surface area contributed by atoms with Gasteiger partial charge >= 0.3 is 5.97 Å². The fourth-order valence-corrected chi connectivity index (χ4v) is 7.95. The lowest BCUT2D eigenvalue weighted by atomic mass is 9.97. The highest BCUT2D eigenvalue weighted by atomic mass is 16.4. The molecule has 0 bridgehead atoms.